The molecule has 0 aliphatic rings. The maximum atomic E-state index is 13.1. The zero-order valence-electron chi connectivity index (χ0n) is 23.3. The van der Waals surface area contributed by atoms with Crippen LogP contribution in [0, 0.1) is 13.8 Å². The van der Waals surface area contributed by atoms with Crippen molar-refractivity contribution in [2.45, 2.75) is 33.1 Å². The Morgan fingerprint density at radius 3 is 1.84 bits per heavy atom. The number of hydrogen-bond donors (Lipinski definition) is 1. The van der Waals surface area contributed by atoms with Crippen molar-refractivity contribution in [2.24, 2.45) is 0 Å². The van der Waals surface area contributed by atoms with Crippen LogP contribution in [0.15, 0.2) is 118 Å². The first-order valence-corrected chi connectivity index (χ1v) is 14.4. The van der Waals surface area contributed by atoms with Crippen molar-refractivity contribution in [2.75, 3.05) is 5.32 Å². The predicted molar refractivity (Wildman–Crippen MR) is 169 cm³/mol. The highest BCUT2D eigenvalue weighted by molar-refractivity contribution is 9.10. The van der Waals surface area contributed by atoms with Crippen LogP contribution in [-0.2, 0) is 19.3 Å². The molecule has 0 aliphatic heterocycles. The summed E-state index contributed by atoms with van der Waals surface area (Å²) in [7, 11) is 0. The number of aryl methyl sites for hydroxylation is 2. The summed E-state index contributed by atoms with van der Waals surface area (Å²) in [6.45, 7) is 5.28. The van der Waals surface area contributed by atoms with E-state index in [9.17, 15) is 22.8 Å². The lowest BCUT2D eigenvalue weighted by Crippen LogP contribution is -2.13. The molecule has 0 spiro atoms. The molecule has 0 radical (unpaired) electrons. The van der Waals surface area contributed by atoms with Crippen molar-refractivity contribution in [1.82, 2.24) is 9.13 Å². The van der Waals surface area contributed by atoms with Gasteiger partial charge in [-0.3, -0.25) is 9.59 Å². The van der Waals surface area contributed by atoms with Crippen molar-refractivity contribution in [1.29, 1.82) is 0 Å². The van der Waals surface area contributed by atoms with Gasteiger partial charge in [-0.25, -0.2) is 0 Å². The third kappa shape index (κ3) is 8.49. The first kappa shape index (κ1) is 31.8. The quantitative estimate of drug-likeness (QED) is 0.184. The van der Waals surface area contributed by atoms with Crippen LogP contribution in [-0.4, -0.2) is 9.13 Å². The van der Waals surface area contributed by atoms with E-state index in [0.717, 1.165) is 28.3 Å². The van der Waals surface area contributed by atoms with Gasteiger partial charge in [-0.1, -0.05) is 66.2 Å². The van der Waals surface area contributed by atoms with Crippen molar-refractivity contribution < 1.29 is 13.2 Å². The van der Waals surface area contributed by atoms with Crippen molar-refractivity contribution in [3.63, 3.8) is 0 Å². The van der Waals surface area contributed by atoms with Gasteiger partial charge in [-0.2, -0.15) is 13.2 Å². The van der Waals surface area contributed by atoms with E-state index < -0.39 is 16.8 Å². The SMILES string of the molecule is Cc1ccccc1Cn1ccc(=O)cc1Br.Cc1ccccc1Cn1ccc(=O)cc1Nc1cccc(C(F)(F)F)c1Cl. The van der Waals surface area contributed by atoms with E-state index in [0.29, 0.717) is 12.4 Å². The molecule has 5 aromatic rings. The van der Waals surface area contributed by atoms with Crippen LogP contribution >= 0.6 is 27.5 Å². The molecule has 3 aromatic carbocycles. The number of nitrogens with one attached hydrogen (secondary N) is 1. The van der Waals surface area contributed by atoms with Crippen LogP contribution in [0.3, 0.4) is 0 Å². The predicted octanol–water partition coefficient (Wildman–Crippen LogP) is 8.59. The Hall–Kier alpha value is -4.08. The normalized spacial score (nSPS) is 11.0. The fourth-order valence-corrected chi connectivity index (χ4v) is 5.04. The second-order valence-corrected chi connectivity index (χ2v) is 11.0. The lowest BCUT2D eigenvalue weighted by molar-refractivity contribution is -0.137. The number of aromatic nitrogens is 2. The number of halogens is 5. The topological polar surface area (TPSA) is 56.0 Å². The molecule has 5 rings (SSSR count). The molecule has 5 nitrogen and oxygen atoms in total. The summed E-state index contributed by atoms with van der Waals surface area (Å²) in [6, 6.07) is 25.5. The van der Waals surface area contributed by atoms with Gasteiger partial charge >= 0.3 is 6.18 Å². The number of benzene rings is 3. The fraction of sp³-hybridized carbons (Fsp3) is 0.152. The van der Waals surface area contributed by atoms with Gasteiger partial charge in [0.2, 0.25) is 0 Å². The summed E-state index contributed by atoms with van der Waals surface area (Å²) in [5.74, 6) is 0.354. The van der Waals surface area contributed by atoms with Gasteiger partial charge in [-0.05, 0) is 64.2 Å². The maximum Gasteiger partial charge on any atom is 0.417 e. The third-order valence-corrected chi connectivity index (χ3v) is 7.82. The molecule has 0 bridgehead atoms. The van der Waals surface area contributed by atoms with Crippen molar-refractivity contribution in [3.05, 3.63) is 161 Å². The molecule has 0 fully saturated rings. The second kappa shape index (κ2) is 13.9. The third-order valence-electron chi connectivity index (χ3n) is 6.73. The summed E-state index contributed by atoms with van der Waals surface area (Å²) in [5, 5.41) is 2.42. The van der Waals surface area contributed by atoms with Gasteiger partial charge in [0.1, 0.15) is 5.82 Å². The number of hydrogen-bond acceptors (Lipinski definition) is 3. The number of pyridine rings is 2. The lowest BCUT2D eigenvalue weighted by Gasteiger charge is -2.18. The monoisotopic (exact) mass is 669 g/mol. The summed E-state index contributed by atoms with van der Waals surface area (Å²) in [4.78, 5) is 22.9. The highest BCUT2D eigenvalue weighted by Crippen LogP contribution is 2.39. The molecule has 222 valence electrons. The second-order valence-electron chi connectivity index (χ2n) is 9.83. The van der Waals surface area contributed by atoms with Gasteiger partial charge in [0.05, 0.1) is 20.9 Å². The van der Waals surface area contributed by atoms with Crippen LogP contribution in [0.4, 0.5) is 24.7 Å². The largest absolute Gasteiger partial charge is 0.417 e. The first-order valence-electron chi connectivity index (χ1n) is 13.2. The van der Waals surface area contributed by atoms with Crippen LogP contribution in [0.1, 0.15) is 27.8 Å². The molecule has 2 aromatic heterocycles. The first-order chi connectivity index (χ1) is 20.4. The molecule has 0 atom stereocenters. The van der Waals surface area contributed by atoms with Gasteiger partial charge in [0, 0.05) is 49.7 Å². The summed E-state index contributed by atoms with van der Waals surface area (Å²) in [5.41, 5.74) is 3.52. The van der Waals surface area contributed by atoms with Gasteiger partial charge in [0.25, 0.3) is 0 Å². The van der Waals surface area contributed by atoms with E-state index in [4.69, 9.17) is 11.6 Å². The molecule has 0 saturated carbocycles. The maximum absolute atomic E-state index is 13.1. The smallest absolute Gasteiger partial charge is 0.340 e. The van der Waals surface area contributed by atoms with Crippen LogP contribution in [0.5, 0.6) is 0 Å². The van der Waals surface area contributed by atoms with E-state index in [-0.39, 0.29) is 16.5 Å². The molecular weight excluding hydrogens is 643 g/mol. The summed E-state index contributed by atoms with van der Waals surface area (Å²) < 4.78 is 43.8. The van der Waals surface area contributed by atoms with E-state index in [1.807, 2.05) is 47.9 Å². The minimum absolute atomic E-state index is 0.0212. The van der Waals surface area contributed by atoms with Gasteiger partial charge < -0.3 is 14.5 Å². The summed E-state index contributed by atoms with van der Waals surface area (Å²) in [6.07, 6.45) is -1.16. The Balaban J connectivity index is 0.000000225. The Morgan fingerprint density at radius 2 is 1.28 bits per heavy atom. The molecular formula is C33H28BrClF3N3O2. The molecule has 1 N–H and O–H groups in total. The van der Waals surface area contributed by atoms with E-state index >= 15 is 0 Å². The van der Waals surface area contributed by atoms with Crippen LogP contribution < -0.4 is 16.2 Å². The van der Waals surface area contributed by atoms with Gasteiger partial charge in [0.15, 0.2) is 10.9 Å². The zero-order chi connectivity index (χ0) is 31.1. The highest BCUT2D eigenvalue weighted by Gasteiger charge is 2.34. The Kier molecular flexibility index (Phi) is 10.3. The molecule has 2 heterocycles. The number of anilines is 2. The van der Waals surface area contributed by atoms with Gasteiger partial charge in [-0.15, -0.1) is 0 Å². The highest BCUT2D eigenvalue weighted by atomic mass is 79.9. The average molecular weight is 671 g/mol. The van der Waals surface area contributed by atoms with Crippen LogP contribution in [0.2, 0.25) is 5.02 Å². The lowest BCUT2D eigenvalue weighted by atomic mass is 10.1. The van der Waals surface area contributed by atoms with E-state index in [1.165, 1.54) is 35.4 Å². The molecule has 0 amide bonds. The Bertz CT molecular complexity index is 1850. The summed E-state index contributed by atoms with van der Waals surface area (Å²) >= 11 is 9.34. The van der Waals surface area contributed by atoms with E-state index in [2.05, 4.69) is 40.3 Å². The minimum Gasteiger partial charge on any atom is -0.340 e. The number of alkyl halides is 3. The Morgan fingerprint density at radius 1 is 0.744 bits per heavy atom. The molecule has 10 heteroatoms. The van der Waals surface area contributed by atoms with Crippen molar-refractivity contribution >= 4 is 39.0 Å². The van der Waals surface area contributed by atoms with Crippen molar-refractivity contribution in [3.8, 4) is 0 Å². The molecule has 0 saturated heterocycles. The Labute approximate surface area is 260 Å². The number of rotatable bonds is 6. The molecule has 43 heavy (non-hydrogen) atoms. The molecule has 0 aliphatic carbocycles. The standard InChI is InChI=1S/C20H16ClF3N2O.C13H12BrNO/c1-13-5-2-3-6-14(13)12-26-10-9-15(27)11-18(26)25-17-8-4-7-16(19(17)21)20(22,23)24;1-10-4-2-3-5-11(10)9-15-7-6-12(16)8-13(15)14/h2-11,25H,12H2,1H3;2-8H,9H2,1H3. The fourth-order valence-electron chi connectivity index (χ4n) is 4.29. The minimum atomic E-state index is -4.56. The number of nitrogens with zero attached hydrogens (tertiary/aromatic N) is 2. The van der Waals surface area contributed by atoms with Crippen LogP contribution in [0.25, 0.3) is 0 Å². The zero-order valence-corrected chi connectivity index (χ0v) is 25.7. The molecule has 0 unspecified atom stereocenters. The van der Waals surface area contributed by atoms with E-state index in [1.54, 1.807) is 29.1 Å². The average Bonchev–Trinajstić information content (AvgIpc) is 2.95.